The molecule has 0 saturated carbocycles. The van der Waals surface area contributed by atoms with Crippen LogP contribution in [0.25, 0.3) is 0 Å². The standard InChI is InChI=1S/C21H20ClN3O/c22-19-8-3-5-16(13-19)10-11-24-15-18(14-23)21(26)25-12-4-7-17-6-1-2-9-20(17)25/h1-3,5-6,8-9,13,15,24H,4,7,10-12H2/b18-15-. The van der Waals surface area contributed by atoms with Gasteiger partial charge in [0.05, 0.1) is 0 Å². The zero-order valence-electron chi connectivity index (χ0n) is 14.4. The smallest absolute Gasteiger partial charge is 0.270 e. The molecule has 0 aliphatic carbocycles. The van der Waals surface area contributed by atoms with Crippen LogP contribution >= 0.6 is 11.6 Å². The summed E-state index contributed by atoms with van der Waals surface area (Å²) in [7, 11) is 0. The lowest BCUT2D eigenvalue weighted by Crippen LogP contribution is -2.36. The summed E-state index contributed by atoms with van der Waals surface area (Å²) in [6, 6.07) is 17.5. The highest BCUT2D eigenvalue weighted by molar-refractivity contribution is 6.30. The van der Waals surface area contributed by atoms with Gasteiger partial charge in [-0.2, -0.15) is 5.26 Å². The van der Waals surface area contributed by atoms with E-state index in [2.05, 4.69) is 5.32 Å². The van der Waals surface area contributed by atoms with Crippen LogP contribution < -0.4 is 10.2 Å². The van der Waals surface area contributed by atoms with Crippen LogP contribution in [0.15, 0.2) is 60.3 Å². The van der Waals surface area contributed by atoms with Gasteiger partial charge in [0.25, 0.3) is 5.91 Å². The molecule has 0 saturated heterocycles. The van der Waals surface area contributed by atoms with Crippen molar-refractivity contribution in [2.75, 3.05) is 18.0 Å². The average Bonchev–Trinajstić information content (AvgIpc) is 2.67. The number of halogens is 1. The molecule has 1 aliphatic heterocycles. The molecule has 0 unspecified atom stereocenters. The van der Waals surface area contributed by atoms with Crippen molar-refractivity contribution in [3.05, 3.63) is 76.5 Å². The van der Waals surface area contributed by atoms with E-state index in [0.717, 1.165) is 36.1 Å². The molecule has 2 aromatic rings. The summed E-state index contributed by atoms with van der Waals surface area (Å²) in [6.07, 6.45) is 4.15. The van der Waals surface area contributed by atoms with E-state index in [1.165, 1.54) is 6.20 Å². The first-order valence-corrected chi connectivity index (χ1v) is 9.04. The Kier molecular flexibility index (Phi) is 5.93. The molecular formula is C21H20ClN3O. The summed E-state index contributed by atoms with van der Waals surface area (Å²) >= 11 is 5.97. The van der Waals surface area contributed by atoms with Crippen LogP contribution in [-0.4, -0.2) is 19.0 Å². The molecular weight excluding hydrogens is 346 g/mol. The number of nitrogens with one attached hydrogen (secondary N) is 1. The minimum Gasteiger partial charge on any atom is -0.389 e. The fraction of sp³-hybridized carbons (Fsp3) is 0.238. The second-order valence-corrected chi connectivity index (χ2v) is 6.63. The molecule has 4 nitrogen and oxygen atoms in total. The molecule has 0 aromatic heterocycles. The Labute approximate surface area is 158 Å². The Morgan fingerprint density at radius 3 is 2.92 bits per heavy atom. The van der Waals surface area contributed by atoms with Gasteiger partial charge in [0, 0.05) is 30.0 Å². The van der Waals surface area contributed by atoms with E-state index in [1.807, 2.05) is 54.6 Å². The molecule has 1 heterocycles. The lowest BCUT2D eigenvalue weighted by atomic mass is 10.0. The fourth-order valence-electron chi connectivity index (χ4n) is 3.12. The topological polar surface area (TPSA) is 56.1 Å². The number of amides is 1. The number of hydrogen-bond acceptors (Lipinski definition) is 3. The molecule has 2 aromatic carbocycles. The van der Waals surface area contributed by atoms with Gasteiger partial charge in [0.2, 0.25) is 0 Å². The van der Waals surface area contributed by atoms with Crippen molar-refractivity contribution in [1.82, 2.24) is 5.32 Å². The normalized spacial score (nSPS) is 13.7. The molecule has 26 heavy (non-hydrogen) atoms. The molecule has 1 aliphatic rings. The monoisotopic (exact) mass is 365 g/mol. The highest BCUT2D eigenvalue weighted by atomic mass is 35.5. The first-order valence-electron chi connectivity index (χ1n) is 8.67. The maximum atomic E-state index is 12.8. The Bertz CT molecular complexity index is 870. The number of fused-ring (bicyclic) bond motifs is 1. The number of carbonyl (C=O) groups excluding carboxylic acids is 1. The van der Waals surface area contributed by atoms with Gasteiger partial charge in [-0.15, -0.1) is 0 Å². The second kappa shape index (κ2) is 8.55. The highest BCUT2D eigenvalue weighted by Crippen LogP contribution is 2.27. The number of aryl methyl sites for hydroxylation is 1. The molecule has 0 fully saturated rings. The maximum absolute atomic E-state index is 12.8. The number of anilines is 1. The number of carbonyl (C=O) groups is 1. The van der Waals surface area contributed by atoms with E-state index < -0.39 is 0 Å². The predicted molar refractivity (Wildman–Crippen MR) is 104 cm³/mol. The summed E-state index contributed by atoms with van der Waals surface area (Å²) in [5, 5.41) is 13.2. The SMILES string of the molecule is N#C/C(=C/NCCc1cccc(Cl)c1)C(=O)N1CCCc2ccccc21. The quantitative estimate of drug-likeness (QED) is 0.497. The second-order valence-electron chi connectivity index (χ2n) is 6.19. The third kappa shape index (κ3) is 4.25. The Morgan fingerprint density at radius 2 is 2.12 bits per heavy atom. The first kappa shape index (κ1) is 18.0. The van der Waals surface area contributed by atoms with Crippen molar-refractivity contribution in [3.63, 3.8) is 0 Å². The Morgan fingerprint density at radius 1 is 1.27 bits per heavy atom. The highest BCUT2D eigenvalue weighted by Gasteiger charge is 2.24. The van der Waals surface area contributed by atoms with Crippen LogP contribution in [-0.2, 0) is 17.6 Å². The number of benzene rings is 2. The van der Waals surface area contributed by atoms with E-state index in [-0.39, 0.29) is 11.5 Å². The molecule has 0 spiro atoms. The van der Waals surface area contributed by atoms with Gasteiger partial charge in [0.1, 0.15) is 11.6 Å². The van der Waals surface area contributed by atoms with Crippen molar-refractivity contribution < 1.29 is 4.79 Å². The third-order valence-electron chi connectivity index (χ3n) is 4.40. The van der Waals surface area contributed by atoms with Gasteiger partial charge in [-0.1, -0.05) is 41.9 Å². The number of rotatable bonds is 5. The number of hydrogen-bond donors (Lipinski definition) is 1. The lowest BCUT2D eigenvalue weighted by Gasteiger charge is -2.29. The van der Waals surface area contributed by atoms with Crippen LogP contribution in [0.5, 0.6) is 0 Å². The van der Waals surface area contributed by atoms with Crippen LogP contribution in [0.1, 0.15) is 17.5 Å². The van der Waals surface area contributed by atoms with E-state index in [0.29, 0.717) is 18.1 Å². The fourth-order valence-corrected chi connectivity index (χ4v) is 3.33. The van der Waals surface area contributed by atoms with Gasteiger partial charge in [-0.05, 0) is 48.6 Å². The number of nitrogens with zero attached hydrogens (tertiary/aromatic N) is 2. The van der Waals surface area contributed by atoms with Gasteiger partial charge in [0.15, 0.2) is 0 Å². The van der Waals surface area contributed by atoms with E-state index >= 15 is 0 Å². The van der Waals surface area contributed by atoms with E-state index in [1.54, 1.807) is 4.90 Å². The summed E-state index contributed by atoms with van der Waals surface area (Å²) < 4.78 is 0. The lowest BCUT2D eigenvalue weighted by molar-refractivity contribution is -0.114. The van der Waals surface area contributed by atoms with Crippen LogP contribution in [0.3, 0.4) is 0 Å². The summed E-state index contributed by atoms with van der Waals surface area (Å²) in [5.41, 5.74) is 3.28. The predicted octanol–water partition coefficient (Wildman–Crippen LogP) is 3.86. The van der Waals surface area contributed by atoms with Crippen LogP contribution in [0.4, 0.5) is 5.69 Å². The molecule has 1 amide bonds. The first-order chi connectivity index (χ1) is 12.7. The third-order valence-corrected chi connectivity index (χ3v) is 4.63. The van der Waals surface area contributed by atoms with E-state index in [9.17, 15) is 10.1 Å². The van der Waals surface area contributed by atoms with Crippen molar-refractivity contribution in [2.45, 2.75) is 19.3 Å². The zero-order chi connectivity index (χ0) is 18.4. The average molecular weight is 366 g/mol. The molecule has 1 N–H and O–H groups in total. The molecule has 5 heteroatoms. The zero-order valence-corrected chi connectivity index (χ0v) is 15.2. The molecule has 3 rings (SSSR count). The Hall–Kier alpha value is -2.77. The largest absolute Gasteiger partial charge is 0.389 e. The maximum Gasteiger partial charge on any atom is 0.270 e. The Balaban J connectivity index is 1.64. The van der Waals surface area contributed by atoms with Crippen LogP contribution in [0, 0.1) is 11.3 Å². The van der Waals surface area contributed by atoms with Crippen molar-refractivity contribution >= 4 is 23.2 Å². The summed E-state index contributed by atoms with van der Waals surface area (Å²) in [4.78, 5) is 14.5. The molecule has 0 radical (unpaired) electrons. The summed E-state index contributed by atoms with van der Waals surface area (Å²) in [5.74, 6) is -0.255. The minimum atomic E-state index is -0.255. The van der Waals surface area contributed by atoms with Crippen molar-refractivity contribution in [1.29, 1.82) is 5.26 Å². The number of nitriles is 1. The van der Waals surface area contributed by atoms with Gasteiger partial charge < -0.3 is 10.2 Å². The van der Waals surface area contributed by atoms with Crippen molar-refractivity contribution in [2.24, 2.45) is 0 Å². The van der Waals surface area contributed by atoms with Crippen molar-refractivity contribution in [3.8, 4) is 6.07 Å². The molecule has 132 valence electrons. The van der Waals surface area contributed by atoms with Gasteiger partial charge in [-0.3, -0.25) is 4.79 Å². The molecule has 0 bridgehead atoms. The summed E-state index contributed by atoms with van der Waals surface area (Å²) in [6.45, 7) is 1.26. The number of para-hydroxylation sites is 1. The molecule has 0 atom stereocenters. The van der Waals surface area contributed by atoms with E-state index in [4.69, 9.17) is 11.6 Å². The van der Waals surface area contributed by atoms with Gasteiger partial charge >= 0.3 is 0 Å². The van der Waals surface area contributed by atoms with Gasteiger partial charge in [-0.25, -0.2) is 0 Å². The minimum absolute atomic E-state index is 0.118. The van der Waals surface area contributed by atoms with Crippen LogP contribution in [0.2, 0.25) is 5.02 Å².